The lowest BCUT2D eigenvalue weighted by Crippen LogP contribution is -2.12. The van der Waals surface area contributed by atoms with Crippen LogP contribution in [0.3, 0.4) is 0 Å². The quantitative estimate of drug-likeness (QED) is 0.652. The van der Waals surface area contributed by atoms with Gasteiger partial charge < -0.3 is 9.84 Å². The highest BCUT2D eigenvalue weighted by Gasteiger charge is 2.20. The van der Waals surface area contributed by atoms with Crippen LogP contribution in [0, 0.1) is 0 Å². The highest BCUT2D eigenvalue weighted by atomic mass is 16.5. The largest absolute Gasteiger partial charge is 0.493 e. The summed E-state index contributed by atoms with van der Waals surface area (Å²) >= 11 is 0. The summed E-state index contributed by atoms with van der Waals surface area (Å²) in [4.78, 5) is 0. The van der Waals surface area contributed by atoms with Crippen molar-refractivity contribution in [1.29, 1.82) is 0 Å². The fourth-order valence-corrected chi connectivity index (χ4v) is 2.50. The summed E-state index contributed by atoms with van der Waals surface area (Å²) in [5.41, 5.74) is 0.816. The molecular formula is C16H30N2O2. The molecule has 0 aliphatic carbocycles. The monoisotopic (exact) mass is 282 g/mol. The molecule has 1 N–H and O–H groups in total. The molecule has 1 aromatic heterocycles. The molecule has 0 fully saturated rings. The predicted molar refractivity (Wildman–Crippen MR) is 82.1 cm³/mol. The van der Waals surface area contributed by atoms with E-state index in [1.165, 1.54) is 32.1 Å². The molecule has 1 atom stereocenters. The molecule has 4 heteroatoms. The minimum Gasteiger partial charge on any atom is -0.493 e. The van der Waals surface area contributed by atoms with Crippen LogP contribution in [0.25, 0.3) is 0 Å². The fraction of sp³-hybridized carbons (Fsp3) is 0.812. The average molecular weight is 282 g/mol. The van der Waals surface area contributed by atoms with E-state index >= 15 is 0 Å². The maximum Gasteiger partial charge on any atom is 0.162 e. The second kappa shape index (κ2) is 9.01. The minimum absolute atomic E-state index is 0.230. The molecule has 1 heterocycles. The van der Waals surface area contributed by atoms with Gasteiger partial charge in [-0.05, 0) is 20.3 Å². The lowest BCUT2D eigenvalue weighted by atomic mass is 10.0. The molecule has 0 spiro atoms. The topological polar surface area (TPSA) is 47.3 Å². The van der Waals surface area contributed by atoms with E-state index in [1.54, 1.807) is 13.3 Å². The Balaban J connectivity index is 2.49. The minimum atomic E-state index is -0.485. The number of ether oxygens (including phenoxy) is 1. The Morgan fingerprint density at radius 1 is 1.20 bits per heavy atom. The lowest BCUT2D eigenvalue weighted by Gasteiger charge is -2.17. The summed E-state index contributed by atoms with van der Waals surface area (Å²) in [5, 5.41) is 14.7. The third-order valence-corrected chi connectivity index (χ3v) is 3.65. The zero-order valence-electron chi connectivity index (χ0n) is 13.4. The molecule has 0 aromatic carbocycles. The molecular weight excluding hydrogens is 252 g/mol. The van der Waals surface area contributed by atoms with Gasteiger partial charge in [-0.2, -0.15) is 5.10 Å². The molecule has 0 bridgehead atoms. The first-order chi connectivity index (χ1) is 9.61. The van der Waals surface area contributed by atoms with Crippen LogP contribution in [0.1, 0.15) is 83.6 Å². The van der Waals surface area contributed by atoms with Crippen molar-refractivity contribution in [3.05, 3.63) is 11.9 Å². The zero-order valence-corrected chi connectivity index (χ0v) is 13.4. The smallest absolute Gasteiger partial charge is 0.162 e. The molecule has 0 aliphatic rings. The highest BCUT2D eigenvalue weighted by molar-refractivity contribution is 5.27. The summed E-state index contributed by atoms with van der Waals surface area (Å²) < 4.78 is 7.18. The van der Waals surface area contributed by atoms with E-state index in [-0.39, 0.29) is 6.04 Å². The number of methoxy groups -OCH3 is 1. The molecule has 1 unspecified atom stereocenters. The van der Waals surface area contributed by atoms with Crippen LogP contribution >= 0.6 is 0 Å². The number of unbranched alkanes of at least 4 members (excludes halogenated alkanes) is 5. The van der Waals surface area contributed by atoms with Gasteiger partial charge in [-0.3, -0.25) is 4.68 Å². The Morgan fingerprint density at radius 2 is 1.85 bits per heavy atom. The van der Waals surface area contributed by atoms with Crippen LogP contribution in [0.2, 0.25) is 0 Å². The molecule has 1 aromatic rings. The maximum atomic E-state index is 10.4. The standard InChI is InChI=1S/C16H30N2O2/c1-5-6-7-8-9-10-11-14(19)16-15(20-4)12-17-18(16)13(2)3/h12-14,19H,5-11H2,1-4H3. The Morgan fingerprint density at radius 3 is 2.45 bits per heavy atom. The van der Waals surface area contributed by atoms with Gasteiger partial charge in [-0.15, -0.1) is 0 Å². The van der Waals surface area contributed by atoms with Gasteiger partial charge >= 0.3 is 0 Å². The zero-order chi connectivity index (χ0) is 15.0. The maximum absolute atomic E-state index is 10.4. The molecule has 0 amide bonds. The van der Waals surface area contributed by atoms with Gasteiger partial charge in [-0.25, -0.2) is 0 Å². The van der Waals surface area contributed by atoms with Gasteiger partial charge in [0.2, 0.25) is 0 Å². The van der Waals surface area contributed by atoms with Crippen molar-refractivity contribution in [2.75, 3.05) is 7.11 Å². The third-order valence-electron chi connectivity index (χ3n) is 3.65. The normalized spacial score (nSPS) is 12.9. The molecule has 0 radical (unpaired) electrons. The van der Waals surface area contributed by atoms with Crippen molar-refractivity contribution in [2.24, 2.45) is 0 Å². The van der Waals surface area contributed by atoms with Gasteiger partial charge in [-0.1, -0.05) is 45.4 Å². The molecule has 0 saturated heterocycles. The first-order valence-electron chi connectivity index (χ1n) is 7.91. The molecule has 116 valence electrons. The molecule has 0 aliphatic heterocycles. The first-order valence-corrected chi connectivity index (χ1v) is 7.91. The van der Waals surface area contributed by atoms with Crippen molar-refractivity contribution in [3.63, 3.8) is 0 Å². The molecule has 20 heavy (non-hydrogen) atoms. The summed E-state index contributed by atoms with van der Waals surface area (Å²) in [7, 11) is 1.63. The SMILES string of the molecule is CCCCCCCCC(O)c1c(OC)cnn1C(C)C. The molecule has 0 saturated carbocycles. The third kappa shape index (κ3) is 4.82. The Bertz CT molecular complexity index is 375. The predicted octanol–water partition coefficient (Wildman–Crippen LogP) is 4.26. The van der Waals surface area contributed by atoms with Crippen molar-refractivity contribution < 1.29 is 9.84 Å². The van der Waals surface area contributed by atoms with Gasteiger partial charge in [0.05, 0.1) is 19.4 Å². The van der Waals surface area contributed by atoms with Gasteiger partial charge in [0.15, 0.2) is 5.75 Å². The molecule has 4 nitrogen and oxygen atoms in total. The highest BCUT2D eigenvalue weighted by Crippen LogP contribution is 2.30. The van der Waals surface area contributed by atoms with E-state index < -0.39 is 6.10 Å². The number of nitrogens with zero attached hydrogens (tertiary/aromatic N) is 2. The second-order valence-electron chi connectivity index (χ2n) is 5.71. The van der Waals surface area contributed by atoms with Gasteiger partial charge in [0.1, 0.15) is 5.69 Å². The summed E-state index contributed by atoms with van der Waals surface area (Å²) in [6, 6.07) is 0.230. The summed E-state index contributed by atoms with van der Waals surface area (Å²) in [6.45, 7) is 6.35. The van der Waals surface area contributed by atoms with Gasteiger partial charge in [0, 0.05) is 6.04 Å². The number of aromatic nitrogens is 2. The second-order valence-corrected chi connectivity index (χ2v) is 5.71. The fourth-order valence-electron chi connectivity index (χ4n) is 2.50. The molecule has 1 rings (SSSR count). The van der Waals surface area contributed by atoms with E-state index in [2.05, 4.69) is 25.9 Å². The number of rotatable bonds is 10. The van der Waals surface area contributed by atoms with E-state index in [0.29, 0.717) is 5.75 Å². The Hall–Kier alpha value is -1.03. The average Bonchev–Trinajstić information content (AvgIpc) is 2.86. The van der Waals surface area contributed by atoms with E-state index in [0.717, 1.165) is 18.5 Å². The van der Waals surface area contributed by atoms with Crippen LogP contribution in [-0.4, -0.2) is 22.0 Å². The van der Waals surface area contributed by atoms with Crippen LogP contribution in [-0.2, 0) is 0 Å². The summed E-state index contributed by atoms with van der Waals surface area (Å²) in [6.07, 6.45) is 9.39. The van der Waals surface area contributed by atoms with Crippen molar-refractivity contribution in [1.82, 2.24) is 9.78 Å². The number of hydrogen-bond donors (Lipinski definition) is 1. The number of hydrogen-bond acceptors (Lipinski definition) is 3. The van der Waals surface area contributed by atoms with Crippen molar-refractivity contribution in [2.45, 2.75) is 77.9 Å². The van der Waals surface area contributed by atoms with Gasteiger partial charge in [0.25, 0.3) is 0 Å². The van der Waals surface area contributed by atoms with Crippen molar-refractivity contribution in [3.8, 4) is 5.75 Å². The number of aliphatic hydroxyl groups is 1. The van der Waals surface area contributed by atoms with Crippen LogP contribution < -0.4 is 4.74 Å². The Kier molecular flexibility index (Phi) is 7.67. The van der Waals surface area contributed by atoms with E-state index in [9.17, 15) is 5.11 Å². The number of aliphatic hydroxyl groups excluding tert-OH is 1. The Labute approximate surface area is 123 Å². The van der Waals surface area contributed by atoms with Crippen LogP contribution in [0.5, 0.6) is 5.75 Å². The van der Waals surface area contributed by atoms with E-state index in [4.69, 9.17) is 4.74 Å². The first kappa shape index (κ1) is 17.0. The van der Waals surface area contributed by atoms with Crippen LogP contribution in [0.15, 0.2) is 6.20 Å². The lowest BCUT2D eigenvalue weighted by molar-refractivity contribution is 0.146. The van der Waals surface area contributed by atoms with Crippen molar-refractivity contribution >= 4 is 0 Å². The summed E-state index contributed by atoms with van der Waals surface area (Å²) in [5.74, 6) is 0.692. The van der Waals surface area contributed by atoms with E-state index in [1.807, 2.05) is 4.68 Å². The van der Waals surface area contributed by atoms with Crippen LogP contribution in [0.4, 0.5) is 0 Å².